The van der Waals surface area contributed by atoms with Gasteiger partial charge in [0.25, 0.3) is 0 Å². The second-order valence-electron chi connectivity index (χ2n) is 9.05. The van der Waals surface area contributed by atoms with Crippen LogP contribution >= 0.6 is 0 Å². The van der Waals surface area contributed by atoms with Crippen LogP contribution in [0.25, 0.3) is 11.3 Å². The summed E-state index contributed by atoms with van der Waals surface area (Å²) in [7, 11) is 1.75. The molecule has 3 rings (SSSR count). The van der Waals surface area contributed by atoms with Gasteiger partial charge in [-0.2, -0.15) is 0 Å². The number of aromatic nitrogens is 1. The van der Waals surface area contributed by atoms with Gasteiger partial charge in [-0.3, -0.25) is 19.4 Å². The normalized spacial score (nSPS) is 17.5. The molecule has 2 N–H and O–H groups in total. The van der Waals surface area contributed by atoms with E-state index in [0.29, 0.717) is 31.7 Å². The monoisotopic (exact) mass is 450 g/mol. The predicted octanol–water partition coefficient (Wildman–Crippen LogP) is 2.60. The van der Waals surface area contributed by atoms with Crippen LogP contribution in [0.4, 0.5) is 0 Å². The van der Waals surface area contributed by atoms with Crippen molar-refractivity contribution in [2.75, 3.05) is 20.1 Å². The van der Waals surface area contributed by atoms with E-state index in [0.717, 1.165) is 16.8 Å². The van der Waals surface area contributed by atoms with Crippen LogP contribution in [0.5, 0.6) is 0 Å². The molecule has 2 heterocycles. The number of pyridine rings is 1. The van der Waals surface area contributed by atoms with Gasteiger partial charge in [-0.1, -0.05) is 38.1 Å². The number of hydrogen-bond acceptors (Lipinski definition) is 5. The van der Waals surface area contributed by atoms with Crippen molar-refractivity contribution in [3.8, 4) is 11.3 Å². The van der Waals surface area contributed by atoms with E-state index in [9.17, 15) is 14.4 Å². The minimum absolute atomic E-state index is 0.0259. The standard InChI is InChI=1S/C26H34N4O3/c1-18(2)14-23(27-3)26(33)29-22-11-7-13-30(17-24(22)31)25(32)16-19-8-6-9-20(15-19)21-10-4-5-12-28-21/h4-6,8-10,12,15,18,22-23,27H,7,11,13-14,16-17H2,1-3H3,(H,29,33)/t22?,23-/m0/s1. The molecule has 1 fully saturated rings. The molecule has 1 unspecified atom stereocenters. The fraction of sp³-hybridized carbons (Fsp3) is 0.462. The number of carbonyl (C=O) groups is 3. The Kier molecular flexibility index (Phi) is 8.72. The van der Waals surface area contributed by atoms with Crippen molar-refractivity contribution in [1.29, 1.82) is 0 Å². The molecule has 33 heavy (non-hydrogen) atoms. The molecule has 0 radical (unpaired) electrons. The van der Waals surface area contributed by atoms with Crippen LogP contribution in [-0.4, -0.2) is 59.7 Å². The van der Waals surface area contributed by atoms with Crippen LogP contribution < -0.4 is 10.6 Å². The van der Waals surface area contributed by atoms with Crippen molar-refractivity contribution in [2.45, 2.75) is 51.6 Å². The Hall–Kier alpha value is -3.06. The van der Waals surface area contributed by atoms with E-state index >= 15 is 0 Å². The smallest absolute Gasteiger partial charge is 0.237 e. The number of rotatable bonds is 8. The van der Waals surface area contributed by atoms with Crippen molar-refractivity contribution in [3.05, 3.63) is 54.2 Å². The van der Waals surface area contributed by atoms with Crippen LogP contribution in [-0.2, 0) is 20.8 Å². The van der Waals surface area contributed by atoms with E-state index < -0.39 is 6.04 Å². The van der Waals surface area contributed by atoms with Gasteiger partial charge in [-0.15, -0.1) is 0 Å². The highest BCUT2D eigenvalue weighted by Crippen LogP contribution is 2.19. The maximum absolute atomic E-state index is 13.0. The SMILES string of the molecule is CN[C@@H](CC(C)C)C(=O)NC1CCCN(C(=O)Cc2cccc(-c3ccccn3)c2)CC1=O. The first kappa shape index (κ1) is 24.6. The first-order chi connectivity index (χ1) is 15.9. The zero-order valence-electron chi connectivity index (χ0n) is 19.7. The number of likely N-dealkylation sites (tertiary alicyclic amines) is 1. The maximum atomic E-state index is 13.0. The summed E-state index contributed by atoms with van der Waals surface area (Å²) in [5.41, 5.74) is 2.69. The lowest BCUT2D eigenvalue weighted by Crippen LogP contribution is -2.50. The summed E-state index contributed by atoms with van der Waals surface area (Å²) in [4.78, 5) is 44.4. The van der Waals surface area contributed by atoms with Crippen LogP contribution in [0.1, 0.15) is 38.7 Å². The number of nitrogens with zero attached hydrogens (tertiary/aromatic N) is 2. The lowest BCUT2D eigenvalue weighted by atomic mass is 10.0. The molecule has 1 aliphatic rings. The van der Waals surface area contributed by atoms with Gasteiger partial charge in [-0.25, -0.2) is 0 Å². The van der Waals surface area contributed by atoms with Crippen molar-refractivity contribution >= 4 is 17.6 Å². The summed E-state index contributed by atoms with van der Waals surface area (Å²) >= 11 is 0. The molecule has 0 spiro atoms. The molecule has 0 saturated carbocycles. The van der Waals surface area contributed by atoms with E-state index in [-0.39, 0.29) is 36.6 Å². The Labute approximate surface area is 196 Å². The molecular weight excluding hydrogens is 416 g/mol. The van der Waals surface area contributed by atoms with E-state index in [1.165, 1.54) is 0 Å². The Morgan fingerprint density at radius 1 is 1.18 bits per heavy atom. The molecule has 2 amide bonds. The Bertz CT molecular complexity index is 961. The topological polar surface area (TPSA) is 91.4 Å². The number of likely N-dealkylation sites (N-methyl/N-ethyl adjacent to an activating group) is 1. The lowest BCUT2D eigenvalue weighted by molar-refractivity contribution is -0.135. The van der Waals surface area contributed by atoms with Gasteiger partial charge in [0.05, 0.1) is 30.7 Å². The van der Waals surface area contributed by atoms with Crippen molar-refractivity contribution < 1.29 is 14.4 Å². The predicted molar refractivity (Wildman–Crippen MR) is 128 cm³/mol. The molecule has 2 atom stereocenters. The zero-order valence-corrected chi connectivity index (χ0v) is 19.7. The van der Waals surface area contributed by atoms with Gasteiger partial charge in [-0.05, 0) is 56.0 Å². The van der Waals surface area contributed by atoms with E-state index in [1.54, 1.807) is 18.1 Å². The fourth-order valence-electron chi connectivity index (χ4n) is 4.15. The molecule has 1 saturated heterocycles. The average Bonchev–Trinajstić information content (AvgIpc) is 2.99. The van der Waals surface area contributed by atoms with Crippen LogP contribution in [0.3, 0.4) is 0 Å². The number of nitrogens with one attached hydrogen (secondary N) is 2. The lowest BCUT2D eigenvalue weighted by Gasteiger charge is -2.22. The summed E-state index contributed by atoms with van der Waals surface area (Å²) in [6.07, 6.45) is 3.88. The first-order valence-corrected chi connectivity index (χ1v) is 11.7. The minimum atomic E-state index is -0.550. The van der Waals surface area contributed by atoms with Crippen LogP contribution in [0, 0.1) is 5.92 Å². The highest BCUT2D eigenvalue weighted by Gasteiger charge is 2.30. The largest absolute Gasteiger partial charge is 0.345 e. The molecule has 2 aromatic rings. The van der Waals surface area contributed by atoms with Crippen molar-refractivity contribution in [2.24, 2.45) is 5.92 Å². The number of hydrogen-bond donors (Lipinski definition) is 2. The second kappa shape index (κ2) is 11.7. The number of carbonyl (C=O) groups excluding carboxylic acids is 3. The van der Waals surface area contributed by atoms with Gasteiger partial charge >= 0.3 is 0 Å². The van der Waals surface area contributed by atoms with Crippen LogP contribution in [0.2, 0.25) is 0 Å². The highest BCUT2D eigenvalue weighted by molar-refractivity contribution is 5.94. The highest BCUT2D eigenvalue weighted by atomic mass is 16.2. The summed E-state index contributed by atoms with van der Waals surface area (Å²) in [5.74, 6) is 0.00947. The molecule has 7 heteroatoms. The third kappa shape index (κ3) is 6.96. The molecule has 1 aliphatic heterocycles. The van der Waals surface area contributed by atoms with Crippen LogP contribution in [0.15, 0.2) is 48.7 Å². The third-order valence-corrected chi connectivity index (χ3v) is 5.94. The van der Waals surface area contributed by atoms with Gasteiger partial charge in [0.2, 0.25) is 11.8 Å². The molecule has 0 bridgehead atoms. The molecule has 0 aliphatic carbocycles. The molecule has 1 aromatic carbocycles. The average molecular weight is 451 g/mol. The molecule has 176 valence electrons. The Morgan fingerprint density at radius 3 is 2.70 bits per heavy atom. The molecule has 7 nitrogen and oxygen atoms in total. The zero-order chi connectivity index (χ0) is 23.8. The van der Waals surface area contributed by atoms with E-state index in [4.69, 9.17) is 0 Å². The number of benzene rings is 1. The number of amides is 2. The van der Waals surface area contributed by atoms with Gasteiger partial charge in [0.15, 0.2) is 5.78 Å². The fourth-order valence-corrected chi connectivity index (χ4v) is 4.15. The van der Waals surface area contributed by atoms with E-state index in [2.05, 4.69) is 29.5 Å². The van der Waals surface area contributed by atoms with Crippen molar-refractivity contribution in [1.82, 2.24) is 20.5 Å². The second-order valence-corrected chi connectivity index (χ2v) is 9.05. The third-order valence-electron chi connectivity index (χ3n) is 5.94. The Morgan fingerprint density at radius 2 is 2.00 bits per heavy atom. The molecule has 1 aromatic heterocycles. The minimum Gasteiger partial charge on any atom is -0.345 e. The van der Waals surface area contributed by atoms with E-state index in [1.807, 2.05) is 42.5 Å². The van der Waals surface area contributed by atoms with Crippen molar-refractivity contribution in [3.63, 3.8) is 0 Å². The van der Waals surface area contributed by atoms with Gasteiger partial charge in [0.1, 0.15) is 0 Å². The number of Topliss-reactive ketones (excluding diaryl/α,β-unsaturated/α-hetero) is 1. The quantitative estimate of drug-likeness (QED) is 0.645. The number of ketones is 1. The van der Waals surface area contributed by atoms with Gasteiger partial charge < -0.3 is 15.5 Å². The summed E-state index contributed by atoms with van der Waals surface area (Å²) in [5, 5.41) is 5.94. The molecular formula is C26H34N4O3. The van der Waals surface area contributed by atoms with Gasteiger partial charge in [0, 0.05) is 18.3 Å². The Balaban J connectivity index is 1.60. The maximum Gasteiger partial charge on any atom is 0.237 e. The first-order valence-electron chi connectivity index (χ1n) is 11.7. The summed E-state index contributed by atoms with van der Waals surface area (Å²) in [6.45, 7) is 4.66. The summed E-state index contributed by atoms with van der Waals surface area (Å²) in [6, 6.07) is 12.6. The summed E-state index contributed by atoms with van der Waals surface area (Å²) < 4.78 is 0.